The summed E-state index contributed by atoms with van der Waals surface area (Å²) in [6.45, 7) is 5.38. The largest absolute Gasteiger partial charge is 0.456 e. The molecule has 0 spiro atoms. The quantitative estimate of drug-likeness (QED) is 0.780. The molecule has 114 valence electrons. The van der Waals surface area contributed by atoms with E-state index in [9.17, 15) is 14.4 Å². The molecule has 0 aliphatic rings. The summed E-state index contributed by atoms with van der Waals surface area (Å²) >= 11 is 0. The van der Waals surface area contributed by atoms with Crippen molar-refractivity contribution in [1.29, 1.82) is 0 Å². The summed E-state index contributed by atoms with van der Waals surface area (Å²) in [6, 6.07) is 6.67. The predicted octanol–water partition coefficient (Wildman–Crippen LogP) is 1.57. The Morgan fingerprint density at radius 1 is 1.19 bits per heavy atom. The standard InChI is InChI=1S/C15H20N2O4/c1-10(2)8-16-15(20)12-6-4-5-7-13(12)17-14(19)9-21-11(3)18/h4-7,10H,8-9H2,1-3H3,(H,16,20)(H,17,19). The Labute approximate surface area is 123 Å². The number of rotatable bonds is 6. The molecule has 6 heteroatoms. The SMILES string of the molecule is CC(=O)OCC(=O)Nc1ccccc1C(=O)NCC(C)C. The van der Waals surface area contributed by atoms with Gasteiger partial charge in [-0.3, -0.25) is 14.4 Å². The average molecular weight is 292 g/mol. The van der Waals surface area contributed by atoms with E-state index in [4.69, 9.17) is 0 Å². The number of hydrogen-bond donors (Lipinski definition) is 2. The van der Waals surface area contributed by atoms with Crippen LogP contribution in [-0.2, 0) is 14.3 Å². The zero-order chi connectivity index (χ0) is 15.8. The average Bonchev–Trinajstić information content (AvgIpc) is 2.43. The van der Waals surface area contributed by atoms with E-state index in [1.165, 1.54) is 6.92 Å². The van der Waals surface area contributed by atoms with Gasteiger partial charge < -0.3 is 15.4 Å². The second kappa shape index (κ2) is 8.04. The van der Waals surface area contributed by atoms with Crippen LogP contribution in [0, 0.1) is 5.92 Å². The molecule has 1 aromatic carbocycles. The van der Waals surface area contributed by atoms with Crippen LogP contribution >= 0.6 is 0 Å². The minimum atomic E-state index is -0.534. The maximum atomic E-state index is 12.1. The zero-order valence-electron chi connectivity index (χ0n) is 12.4. The van der Waals surface area contributed by atoms with Gasteiger partial charge >= 0.3 is 5.97 Å². The van der Waals surface area contributed by atoms with Crippen molar-refractivity contribution < 1.29 is 19.1 Å². The number of para-hydroxylation sites is 1. The molecule has 2 amide bonds. The number of anilines is 1. The van der Waals surface area contributed by atoms with Gasteiger partial charge in [-0.05, 0) is 18.1 Å². The zero-order valence-corrected chi connectivity index (χ0v) is 12.4. The minimum Gasteiger partial charge on any atom is -0.456 e. The van der Waals surface area contributed by atoms with Crippen molar-refractivity contribution in [2.45, 2.75) is 20.8 Å². The second-order valence-corrected chi connectivity index (χ2v) is 4.98. The van der Waals surface area contributed by atoms with E-state index < -0.39 is 11.9 Å². The highest BCUT2D eigenvalue weighted by atomic mass is 16.5. The van der Waals surface area contributed by atoms with Gasteiger partial charge in [-0.25, -0.2) is 0 Å². The third-order valence-corrected chi connectivity index (χ3v) is 2.52. The molecule has 0 saturated carbocycles. The lowest BCUT2D eigenvalue weighted by atomic mass is 10.1. The van der Waals surface area contributed by atoms with Gasteiger partial charge in [0.25, 0.3) is 11.8 Å². The lowest BCUT2D eigenvalue weighted by molar-refractivity contribution is -0.144. The molecule has 1 rings (SSSR count). The molecule has 21 heavy (non-hydrogen) atoms. The highest BCUT2D eigenvalue weighted by Gasteiger charge is 2.13. The highest BCUT2D eigenvalue weighted by molar-refractivity contribution is 6.04. The fourth-order valence-electron chi connectivity index (χ4n) is 1.54. The normalized spacial score (nSPS) is 10.1. The van der Waals surface area contributed by atoms with Crippen molar-refractivity contribution in [3.05, 3.63) is 29.8 Å². The van der Waals surface area contributed by atoms with Crippen molar-refractivity contribution in [2.24, 2.45) is 5.92 Å². The van der Waals surface area contributed by atoms with Crippen molar-refractivity contribution in [3.8, 4) is 0 Å². The van der Waals surface area contributed by atoms with Gasteiger partial charge in [0, 0.05) is 13.5 Å². The van der Waals surface area contributed by atoms with E-state index in [1.807, 2.05) is 13.8 Å². The third kappa shape index (κ3) is 6.07. The molecule has 6 nitrogen and oxygen atoms in total. The summed E-state index contributed by atoms with van der Waals surface area (Å²) in [7, 11) is 0. The number of nitrogens with one attached hydrogen (secondary N) is 2. The van der Waals surface area contributed by atoms with E-state index in [-0.39, 0.29) is 12.5 Å². The van der Waals surface area contributed by atoms with Crippen LogP contribution in [0.25, 0.3) is 0 Å². The second-order valence-electron chi connectivity index (χ2n) is 4.98. The van der Waals surface area contributed by atoms with Gasteiger partial charge in [0.1, 0.15) is 0 Å². The Morgan fingerprint density at radius 2 is 1.86 bits per heavy atom. The molecule has 0 unspecified atom stereocenters. The van der Waals surface area contributed by atoms with Gasteiger partial charge in [0.15, 0.2) is 6.61 Å². The van der Waals surface area contributed by atoms with Crippen LogP contribution in [0.5, 0.6) is 0 Å². The summed E-state index contributed by atoms with van der Waals surface area (Å²) < 4.78 is 4.60. The predicted molar refractivity (Wildman–Crippen MR) is 78.9 cm³/mol. The summed E-state index contributed by atoms with van der Waals surface area (Å²) in [6.07, 6.45) is 0. The Hall–Kier alpha value is -2.37. The Kier molecular flexibility index (Phi) is 6.39. The van der Waals surface area contributed by atoms with Crippen LogP contribution in [0.4, 0.5) is 5.69 Å². The Bertz CT molecular complexity index is 526. The molecule has 2 N–H and O–H groups in total. The number of benzene rings is 1. The summed E-state index contributed by atoms with van der Waals surface area (Å²) in [5.74, 6) is -0.950. The van der Waals surface area contributed by atoms with Gasteiger partial charge in [-0.15, -0.1) is 0 Å². The molecule has 0 bridgehead atoms. The molecule has 0 heterocycles. The molecular weight excluding hydrogens is 272 g/mol. The first-order valence-corrected chi connectivity index (χ1v) is 6.70. The fraction of sp³-hybridized carbons (Fsp3) is 0.400. The van der Waals surface area contributed by atoms with E-state index in [0.29, 0.717) is 23.7 Å². The van der Waals surface area contributed by atoms with Gasteiger partial charge in [0.05, 0.1) is 11.3 Å². The fourth-order valence-corrected chi connectivity index (χ4v) is 1.54. The summed E-state index contributed by atoms with van der Waals surface area (Å²) in [4.78, 5) is 34.4. The van der Waals surface area contributed by atoms with Crippen molar-refractivity contribution in [1.82, 2.24) is 5.32 Å². The monoisotopic (exact) mass is 292 g/mol. The van der Waals surface area contributed by atoms with E-state index in [0.717, 1.165) is 0 Å². The van der Waals surface area contributed by atoms with Gasteiger partial charge in [-0.1, -0.05) is 26.0 Å². The molecule has 0 aromatic heterocycles. The third-order valence-electron chi connectivity index (χ3n) is 2.52. The van der Waals surface area contributed by atoms with E-state index in [1.54, 1.807) is 24.3 Å². The van der Waals surface area contributed by atoms with Crippen LogP contribution in [0.1, 0.15) is 31.1 Å². The molecule has 1 aromatic rings. The van der Waals surface area contributed by atoms with Crippen LogP contribution < -0.4 is 10.6 Å². The Morgan fingerprint density at radius 3 is 2.48 bits per heavy atom. The van der Waals surface area contributed by atoms with Gasteiger partial charge in [-0.2, -0.15) is 0 Å². The molecule has 0 atom stereocenters. The molecule has 0 radical (unpaired) electrons. The van der Waals surface area contributed by atoms with Crippen LogP contribution in [-0.4, -0.2) is 30.9 Å². The molecular formula is C15H20N2O4. The van der Waals surface area contributed by atoms with Crippen molar-refractivity contribution in [3.63, 3.8) is 0 Å². The van der Waals surface area contributed by atoms with Crippen LogP contribution in [0.2, 0.25) is 0 Å². The molecule has 0 fully saturated rings. The maximum Gasteiger partial charge on any atom is 0.303 e. The van der Waals surface area contributed by atoms with E-state index in [2.05, 4.69) is 15.4 Å². The summed E-state index contributed by atoms with van der Waals surface area (Å²) in [5.41, 5.74) is 0.755. The Balaban J connectivity index is 2.72. The molecule has 0 aliphatic heterocycles. The smallest absolute Gasteiger partial charge is 0.303 e. The van der Waals surface area contributed by atoms with Crippen molar-refractivity contribution in [2.75, 3.05) is 18.5 Å². The first kappa shape index (κ1) is 16.7. The van der Waals surface area contributed by atoms with Gasteiger partial charge in [0.2, 0.25) is 0 Å². The number of hydrogen-bond acceptors (Lipinski definition) is 4. The summed E-state index contributed by atoms with van der Waals surface area (Å²) in [5, 5.41) is 5.34. The number of ether oxygens (including phenoxy) is 1. The lowest BCUT2D eigenvalue weighted by Gasteiger charge is -2.12. The number of carbonyl (C=O) groups excluding carboxylic acids is 3. The topological polar surface area (TPSA) is 84.5 Å². The van der Waals surface area contributed by atoms with Crippen LogP contribution in [0.15, 0.2) is 24.3 Å². The minimum absolute atomic E-state index is 0.257. The number of amides is 2. The van der Waals surface area contributed by atoms with Crippen LogP contribution in [0.3, 0.4) is 0 Å². The number of carbonyl (C=O) groups is 3. The lowest BCUT2D eigenvalue weighted by Crippen LogP contribution is -2.29. The number of esters is 1. The molecule has 0 saturated heterocycles. The highest BCUT2D eigenvalue weighted by Crippen LogP contribution is 2.15. The molecule has 0 aliphatic carbocycles. The van der Waals surface area contributed by atoms with Crippen molar-refractivity contribution >= 4 is 23.5 Å². The maximum absolute atomic E-state index is 12.1. The first-order valence-electron chi connectivity index (χ1n) is 6.70. The first-order chi connectivity index (χ1) is 9.90. The van der Waals surface area contributed by atoms with E-state index >= 15 is 0 Å².